The summed E-state index contributed by atoms with van der Waals surface area (Å²) in [6.07, 6.45) is 0.332. The van der Waals surface area contributed by atoms with Gasteiger partial charge in [0.25, 0.3) is 5.91 Å². The number of carbonyl (C=O) groups is 3. The molecule has 7 nitrogen and oxygen atoms in total. The van der Waals surface area contributed by atoms with Gasteiger partial charge >= 0.3 is 12.1 Å². The van der Waals surface area contributed by atoms with Crippen LogP contribution < -0.4 is 10.6 Å². The van der Waals surface area contributed by atoms with Crippen molar-refractivity contribution >= 4 is 23.7 Å². The molecule has 2 aliphatic carbocycles. The smallest absolute Gasteiger partial charge is 0.411 e. The Hall–Kier alpha value is -4.13. The molecule has 3 aromatic rings. The molecule has 34 heavy (non-hydrogen) atoms. The molecule has 3 N–H and O–H groups in total. The van der Waals surface area contributed by atoms with E-state index in [9.17, 15) is 14.4 Å². The molecule has 1 fully saturated rings. The van der Waals surface area contributed by atoms with Gasteiger partial charge < -0.3 is 15.2 Å². The molecule has 1 saturated carbocycles. The molecule has 0 spiro atoms. The molecule has 2 amide bonds. The van der Waals surface area contributed by atoms with Gasteiger partial charge in [0.1, 0.15) is 6.61 Å². The second-order valence-corrected chi connectivity index (χ2v) is 8.70. The van der Waals surface area contributed by atoms with E-state index in [0.717, 1.165) is 11.1 Å². The van der Waals surface area contributed by atoms with Crippen molar-refractivity contribution in [3.8, 4) is 11.1 Å². The van der Waals surface area contributed by atoms with Crippen LogP contribution in [0.25, 0.3) is 11.1 Å². The molecule has 0 saturated heterocycles. The van der Waals surface area contributed by atoms with Gasteiger partial charge in [0.15, 0.2) is 0 Å². The van der Waals surface area contributed by atoms with Gasteiger partial charge in [0.2, 0.25) is 0 Å². The Bertz CT molecular complexity index is 1200. The molecule has 0 bridgehead atoms. The summed E-state index contributed by atoms with van der Waals surface area (Å²) in [5.74, 6) is -1.48. The van der Waals surface area contributed by atoms with Gasteiger partial charge in [-0.1, -0.05) is 48.5 Å². The Morgan fingerprint density at radius 2 is 1.44 bits per heavy atom. The molecule has 7 heteroatoms. The highest BCUT2D eigenvalue weighted by Crippen LogP contribution is 2.44. The van der Waals surface area contributed by atoms with E-state index >= 15 is 0 Å². The second kappa shape index (κ2) is 9.02. The van der Waals surface area contributed by atoms with Crippen LogP contribution in [0.3, 0.4) is 0 Å². The monoisotopic (exact) mass is 456 g/mol. The summed E-state index contributed by atoms with van der Waals surface area (Å²) in [6.45, 7) is 0.221. The number of carboxylic acids is 1. The van der Waals surface area contributed by atoms with Crippen LogP contribution in [-0.4, -0.2) is 35.7 Å². The number of hydrogen-bond donors (Lipinski definition) is 3. The summed E-state index contributed by atoms with van der Waals surface area (Å²) in [4.78, 5) is 35.6. The van der Waals surface area contributed by atoms with Crippen molar-refractivity contribution in [3.05, 3.63) is 89.5 Å². The summed E-state index contributed by atoms with van der Waals surface area (Å²) in [6, 6.07) is 22.7. The first kappa shape index (κ1) is 21.7. The van der Waals surface area contributed by atoms with Crippen molar-refractivity contribution in [2.45, 2.75) is 24.8 Å². The topological polar surface area (TPSA) is 105 Å². The molecular formula is C27H24N2O5. The van der Waals surface area contributed by atoms with Gasteiger partial charge in [-0.05, 0) is 59.4 Å². The van der Waals surface area contributed by atoms with Gasteiger partial charge in [-0.3, -0.25) is 14.9 Å². The van der Waals surface area contributed by atoms with Crippen LogP contribution in [0.1, 0.15) is 40.2 Å². The highest BCUT2D eigenvalue weighted by atomic mass is 16.5. The maximum atomic E-state index is 12.4. The van der Waals surface area contributed by atoms with Gasteiger partial charge in [0.05, 0.1) is 5.92 Å². The molecule has 0 aromatic heterocycles. The van der Waals surface area contributed by atoms with Gasteiger partial charge in [-0.2, -0.15) is 0 Å². The number of benzene rings is 3. The highest BCUT2D eigenvalue weighted by molar-refractivity contribution is 5.95. The van der Waals surface area contributed by atoms with E-state index in [1.54, 1.807) is 24.3 Å². The third-order valence-corrected chi connectivity index (χ3v) is 6.56. The average molecular weight is 456 g/mol. The van der Waals surface area contributed by atoms with Crippen molar-refractivity contribution in [3.63, 3.8) is 0 Å². The molecule has 0 heterocycles. The zero-order chi connectivity index (χ0) is 23.7. The molecule has 5 rings (SSSR count). The standard InChI is InChI=1S/C27H24N2O5/c30-25(28-19-13-17(14-19)26(31)32)16-9-11-18(12-10-16)29-27(33)34-15-24-22-7-3-1-5-20(22)21-6-2-4-8-23(21)24/h1-12,17,19,24H,13-15H2,(H,28,30)(H,29,33)(H,31,32). The van der Waals surface area contributed by atoms with Crippen molar-refractivity contribution < 1.29 is 24.2 Å². The van der Waals surface area contributed by atoms with Gasteiger partial charge in [-0.25, -0.2) is 4.79 Å². The molecule has 172 valence electrons. The molecule has 0 unspecified atom stereocenters. The number of amides is 2. The normalized spacial score (nSPS) is 18.2. The van der Waals surface area contributed by atoms with Crippen LogP contribution in [0.4, 0.5) is 10.5 Å². The third kappa shape index (κ3) is 4.24. The van der Waals surface area contributed by atoms with Crippen LogP contribution in [0, 0.1) is 5.92 Å². The first-order chi connectivity index (χ1) is 16.5. The quantitative estimate of drug-likeness (QED) is 0.501. The Morgan fingerprint density at radius 1 is 0.853 bits per heavy atom. The number of nitrogens with one attached hydrogen (secondary N) is 2. The molecule has 0 atom stereocenters. The summed E-state index contributed by atoms with van der Waals surface area (Å²) < 4.78 is 5.55. The SMILES string of the molecule is O=C(Nc1ccc(C(=O)NC2CC(C(=O)O)C2)cc1)OCC1c2ccccc2-c2ccccc21. The first-order valence-corrected chi connectivity index (χ1v) is 11.3. The van der Waals surface area contributed by atoms with Crippen molar-refractivity contribution in [2.24, 2.45) is 5.92 Å². The molecular weight excluding hydrogens is 432 g/mol. The van der Waals surface area contributed by atoms with E-state index < -0.39 is 12.1 Å². The molecule has 3 aromatic carbocycles. The fraction of sp³-hybridized carbons (Fsp3) is 0.222. The largest absolute Gasteiger partial charge is 0.481 e. The lowest BCUT2D eigenvalue weighted by atomic mass is 9.80. The Morgan fingerprint density at radius 3 is 2.03 bits per heavy atom. The van der Waals surface area contributed by atoms with Crippen LogP contribution in [0.15, 0.2) is 72.8 Å². The molecule has 0 aliphatic heterocycles. The average Bonchev–Trinajstić information content (AvgIpc) is 3.13. The van der Waals surface area contributed by atoms with Crippen LogP contribution in [0.2, 0.25) is 0 Å². The lowest BCUT2D eigenvalue weighted by molar-refractivity contribution is -0.145. The maximum absolute atomic E-state index is 12.4. The first-order valence-electron chi connectivity index (χ1n) is 11.3. The minimum Gasteiger partial charge on any atom is -0.481 e. The number of anilines is 1. The minimum atomic E-state index is -0.825. The second-order valence-electron chi connectivity index (χ2n) is 8.70. The number of ether oxygens (including phenoxy) is 1. The number of hydrogen-bond acceptors (Lipinski definition) is 4. The van der Waals surface area contributed by atoms with Gasteiger partial charge in [-0.15, -0.1) is 0 Å². The van der Waals surface area contributed by atoms with Crippen LogP contribution in [0.5, 0.6) is 0 Å². The van der Waals surface area contributed by atoms with E-state index in [1.165, 1.54) is 11.1 Å². The zero-order valence-electron chi connectivity index (χ0n) is 18.4. The molecule has 2 aliphatic rings. The van der Waals surface area contributed by atoms with E-state index in [4.69, 9.17) is 9.84 Å². The van der Waals surface area contributed by atoms with E-state index in [1.807, 2.05) is 24.3 Å². The number of carbonyl (C=O) groups excluding carboxylic acids is 2. The fourth-order valence-corrected chi connectivity index (χ4v) is 4.66. The number of fused-ring (bicyclic) bond motifs is 3. The minimum absolute atomic E-state index is 0.0172. The number of carboxylic acid groups (broad SMARTS) is 1. The fourth-order valence-electron chi connectivity index (χ4n) is 4.66. The Labute approximate surface area is 196 Å². The summed E-state index contributed by atoms with van der Waals surface area (Å²) in [5, 5.41) is 14.5. The van der Waals surface area contributed by atoms with Gasteiger partial charge in [0, 0.05) is 23.2 Å². The van der Waals surface area contributed by atoms with Crippen molar-refractivity contribution in [1.29, 1.82) is 0 Å². The Balaban J connectivity index is 1.15. The predicted octanol–water partition coefficient (Wildman–Crippen LogP) is 4.64. The van der Waals surface area contributed by atoms with Crippen molar-refractivity contribution in [1.82, 2.24) is 5.32 Å². The number of rotatable bonds is 6. The zero-order valence-corrected chi connectivity index (χ0v) is 18.4. The van der Waals surface area contributed by atoms with Crippen LogP contribution in [-0.2, 0) is 9.53 Å². The lowest BCUT2D eigenvalue weighted by Gasteiger charge is -2.32. The van der Waals surface area contributed by atoms with Crippen molar-refractivity contribution in [2.75, 3.05) is 11.9 Å². The Kier molecular flexibility index (Phi) is 5.76. The van der Waals surface area contributed by atoms with E-state index in [-0.39, 0.29) is 30.4 Å². The van der Waals surface area contributed by atoms with E-state index in [0.29, 0.717) is 24.1 Å². The maximum Gasteiger partial charge on any atom is 0.411 e. The molecule has 0 radical (unpaired) electrons. The highest BCUT2D eigenvalue weighted by Gasteiger charge is 2.35. The third-order valence-electron chi connectivity index (χ3n) is 6.56. The van der Waals surface area contributed by atoms with E-state index in [2.05, 4.69) is 34.9 Å². The van der Waals surface area contributed by atoms with Crippen LogP contribution >= 0.6 is 0 Å². The summed E-state index contributed by atoms with van der Waals surface area (Å²) in [7, 11) is 0. The number of aliphatic carboxylic acids is 1. The lowest BCUT2D eigenvalue weighted by Crippen LogP contribution is -2.46. The predicted molar refractivity (Wildman–Crippen MR) is 127 cm³/mol. The summed E-state index contributed by atoms with van der Waals surface area (Å²) in [5.41, 5.74) is 5.59. The summed E-state index contributed by atoms with van der Waals surface area (Å²) >= 11 is 0.